The number of carboxylic acid groups (broad SMARTS) is 3. The third-order valence-electron chi connectivity index (χ3n) is 7.97. The van der Waals surface area contributed by atoms with Gasteiger partial charge in [0.2, 0.25) is 0 Å². The van der Waals surface area contributed by atoms with E-state index in [0.717, 1.165) is 97.2 Å². The SMILES string of the molecule is CC(=O)[O-].CC(=O)[O-].CC(=O)[O-].[Mn+3].c1cc2cccc3nc4[nH]c5ccccc5c4nc4cccc5cccc(nc6c(nc(c1)c23)[nH]c1ccccc16)c54. The smallest absolute Gasteiger partial charge is 0.550 e. The quantitative estimate of drug-likeness (QED) is 0.195. The first-order chi connectivity index (χ1) is 26.0. The van der Waals surface area contributed by atoms with Gasteiger partial charge in [-0.2, -0.15) is 0 Å². The molecule has 9 rings (SSSR count). The van der Waals surface area contributed by atoms with E-state index in [1.807, 2.05) is 60.7 Å². The molecule has 0 bridgehead atoms. The minimum absolute atomic E-state index is 0. The average molecular weight is 771 g/mol. The van der Waals surface area contributed by atoms with Crippen LogP contribution in [0, 0.1) is 0 Å². The third-order valence-corrected chi connectivity index (χ3v) is 7.97. The van der Waals surface area contributed by atoms with Gasteiger partial charge in [-0.25, -0.2) is 19.9 Å². The number of carbonyl (C=O) groups excluding carboxylic acids is 3. The second-order valence-electron chi connectivity index (χ2n) is 12.0. The van der Waals surface area contributed by atoms with Crippen molar-refractivity contribution in [3.05, 3.63) is 121 Å². The number of aromatic nitrogens is 6. The largest absolute Gasteiger partial charge is 3.00 e. The van der Waals surface area contributed by atoms with E-state index in [1.165, 1.54) is 0 Å². The van der Waals surface area contributed by atoms with E-state index in [4.69, 9.17) is 49.6 Å². The van der Waals surface area contributed by atoms with Gasteiger partial charge in [0, 0.05) is 50.5 Å². The van der Waals surface area contributed by atoms with Gasteiger partial charge >= 0.3 is 17.1 Å². The fraction of sp³-hybridized carbons (Fsp3) is 0.0714. The van der Waals surface area contributed by atoms with Crippen LogP contribution in [0.25, 0.3) is 87.7 Å². The molecular formula is C42H31MnN6O6. The molecule has 3 heterocycles. The van der Waals surface area contributed by atoms with Crippen molar-refractivity contribution in [1.29, 1.82) is 0 Å². The minimum atomic E-state index is -1.08. The molecule has 0 saturated carbocycles. The van der Waals surface area contributed by atoms with Gasteiger partial charge in [-0.15, -0.1) is 0 Å². The van der Waals surface area contributed by atoms with Crippen molar-refractivity contribution in [1.82, 2.24) is 29.9 Å². The Morgan fingerprint density at radius 1 is 0.436 bits per heavy atom. The monoisotopic (exact) mass is 770 g/mol. The molecule has 0 saturated heterocycles. The van der Waals surface area contributed by atoms with E-state index in [9.17, 15) is 0 Å². The molecule has 9 aromatic rings. The molecule has 0 spiro atoms. The van der Waals surface area contributed by atoms with Gasteiger partial charge in [0.15, 0.2) is 11.3 Å². The third kappa shape index (κ3) is 8.99. The molecule has 55 heavy (non-hydrogen) atoms. The van der Waals surface area contributed by atoms with E-state index in [-0.39, 0.29) is 17.1 Å². The van der Waals surface area contributed by atoms with Gasteiger partial charge in [0.05, 0.1) is 22.1 Å². The molecule has 12 nitrogen and oxygen atoms in total. The number of carbonyl (C=O) groups is 3. The van der Waals surface area contributed by atoms with Gasteiger partial charge in [0.25, 0.3) is 0 Å². The number of benzene rings is 6. The Hall–Kier alpha value is -6.95. The van der Waals surface area contributed by atoms with Crippen molar-refractivity contribution in [2.45, 2.75) is 20.8 Å². The zero-order chi connectivity index (χ0) is 38.4. The number of nitrogens with one attached hydrogen (secondary N) is 2. The Bertz CT molecular complexity index is 2780. The number of aromatic amines is 2. The van der Waals surface area contributed by atoms with E-state index in [1.54, 1.807) is 0 Å². The number of hydrogen-bond acceptors (Lipinski definition) is 10. The number of aliphatic carboxylic acids is 3. The molecule has 0 atom stereocenters. The summed E-state index contributed by atoms with van der Waals surface area (Å²) in [5.41, 5.74) is 8.27. The van der Waals surface area contributed by atoms with Crippen LogP contribution in [0.15, 0.2) is 121 Å². The number of hydrogen-bond donors (Lipinski definition) is 2. The summed E-state index contributed by atoms with van der Waals surface area (Å²) in [6.07, 6.45) is 0. The molecule has 0 amide bonds. The zero-order valence-corrected chi connectivity index (χ0v) is 30.8. The second-order valence-corrected chi connectivity index (χ2v) is 12.0. The summed E-state index contributed by atoms with van der Waals surface area (Å²) >= 11 is 0. The molecule has 0 aliphatic carbocycles. The van der Waals surface area contributed by atoms with Crippen molar-refractivity contribution >= 4 is 106 Å². The van der Waals surface area contributed by atoms with Gasteiger partial charge in [-0.3, -0.25) is 0 Å². The predicted octanol–water partition coefficient (Wildman–Crippen LogP) is 5.10. The molecule has 0 fully saturated rings. The summed E-state index contributed by atoms with van der Waals surface area (Å²) in [5, 5.41) is 32.8. The van der Waals surface area contributed by atoms with Gasteiger partial charge in [-0.05, 0) is 67.9 Å². The Labute approximate surface area is 323 Å². The molecule has 0 unspecified atom stereocenters. The maximum Gasteiger partial charge on any atom is 3.00 e. The van der Waals surface area contributed by atoms with Gasteiger partial charge in [0.1, 0.15) is 11.0 Å². The van der Waals surface area contributed by atoms with E-state index in [0.29, 0.717) is 11.3 Å². The number of nitrogens with zero attached hydrogens (tertiary/aromatic N) is 4. The molecule has 13 heteroatoms. The number of fused-ring (bicyclic) bond motifs is 6. The summed E-state index contributed by atoms with van der Waals surface area (Å²) in [6.45, 7) is 2.92. The predicted molar refractivity (Wildman–Crippen MR) is 205 cm³/mol. The first-order valence-corrected chi connectivity index (χ1v) is 16.6. The number of H-pyrrole nitrogens is 2. The normalized spacial score (nSPS) is 10.4. The Balaban J connectivity index is 0.000000396. The topological polar surface area (TPSA) is 204 Å². The van der Waals surface area contributed by atoms with Crippen LogP contribution in [-0.4, -0.2) is 47.8 Å². The van der Waals surface area contributed by atoms with Crippen molar-refractivity contribution in [3.8, 4) is 0 Å². The molecule has 3 aromatic heterocycles. The summed E-state index contributed by atoms with van der Waals surface area (Å²) < 4.78 is 0. The van der Waals surface area contributed by atoms with E-state index in [2.05, 4.69) is 70.6 Å². The van der Waals surface area contributed by atoms with Crippen LogP contribution in [0.5, 0.6) is 0 Å². The van der Waals surface area contributed by atoms with Crippen LogP contribution >= 0.6 is 0 Å². The summed E-state index contributed by atoms with van der Waals surface area (Å²) in [6, 6.07) is 41.2. The fourth-order valence-electron chi connectivity index (χ4n) is 6.07. The summed E-state index contributed by atoms with van der Waals surface area (Å²) in [4.78, 5) is 54.8. The zero-order valence-electron chi connectivity index (χ0n) is 29.7. The minimum Gasteiger partial charge on any atom is -0.550 e. The van der Waals surface area contributed by atoms with Crippen molar-refractivity contribution in [3.63, 3.8) is 0 Å². The van der Waals surface area contributed by atoms with Crippen LogP contribution < -0.4 is 15.3 Å². The second kappa shape index (κ2) is 17.3. The van der Waals surface area contributed by atoms with E-state index >= 15 is 0 Å². The Morgan fingerprint density at radius 3 is 1.05 bits per heavy atom. The molecule has 0 aliphatic rings. The molecule has 2 N–H and O–H groups in total. The van der Waals surface area contributed by atoms with Crippen molar-refractivity contribution < 1.29 is 46.8 Å². The van der Waals surface area contributed by atoms with Crippen LogP contribution in [0.3, 0.4) is 0 Å². The Kier molecular flexibility index (Phi) is 12.3. The van der Waals surface area contributed by atoms with Gasteiger partial charge < -0.3 is 39.7 Å². The maximum absolute atomic E-state index is 8.89. The van der Waals surface area contributed by atoms with Gasteiger partial charge in [-0.1, -0.05) is 84.9 Å². The van der Waals surface area contributed by atoms with Crippen molar-refractivity contribution in [2.24, 2.45) is 0 Å². The molecule has 6 aromatic carbocycles. The number of carboxylic acids is 3. The van der Waals surface area contributed by atoms with Crippen molar-refractivity contribution in [2.75, 3.05) is 0 Å². The van der Waals surface area contributed by atoms with Crippen LogP contribution in [0.2, 0.25) is 0 Å². The summed E-state index contributed by atoms with van der Waals surface area (Å²) in [5.74, 6) is -3.25. The first kappa shape index (κ1) is 39.3. The molecule has 272 valence electrons. The van der Waals surface area contributed by atoms with Crippen LogP contribution in [0.1, 0.15) is 20.8 Å². The van der Waals surface area contributed by atoms with E-state index < -0.39 is 17.9 Å². The average Bonchev–Trinajstić information content (AvgIpc) is 3.64. The number of rotatable bonds is 0. The maximum atomic E-state index is 8.89. The number of para-hydroxylation sites is 2. The fourth-order valence-corrected chi connectivity index (χ4v) is 6.07. The molecule has 0 aliphatic heterocycles. The van der Waals surface area contributed by atoms with Crippen LogP contribution in [0.4, 0.5) is 0 Å². The first-order valence-electron chi connectivity index (χ1n) is 16.6. The van der Waals surface area contributed by atoms with Crippen LogP contribution in [-0.2, 0) is 31.5 Å². The standard InChI is InChI=1S/C36H22N6.3C2H4O2.Mn/c1-3-15-25-23(13-1)33-35(39-25)41-29-19-7-11-22-12-8-20-30(32(22)29)42-36-34(24-14-2-4-16-26(24)40-36)38-28-18-6-10-21-9-5-17-27(37-33)31(21)28;3*1-2(3)4;/h1-20H,(H,39,41)(H,40,42);3*1H3,(H,3,4);/q;;;;+3/p-3. The summed E-state index contributed by atoms with van der Waals surface area (Å²) in [7, 11) is 0. The molecular weight excluding hydrogens is 739 g/mol. The Morgan fingerprint density at radius 2 is 0.727 bits per heavy atom. The molecule has 0 radical (unpaired) electrons.